The molecule has 0 unspecified atom stereocenters. The molecule has 2 heterocycles. The second-order valence-electron chi connectivity index (χ2n) is 6.93. The van der Waals surface area contributed by atoms with Crippen molar-refractivity contribution in [3.05, 3.63) is 63.7 Å². The van der Waals surface area contributed by atoms with Crippen LogP contribution in [0.15, 0.2) is 36.4 Å². The van der Waals surface area contributed by atoms with Crippen LogP contribution in [0, 0.1) is 20.8 Å². The highest BCUT2D eigenvalue weighted by Crippen LogP contribution is 2.34. The molecule has 29 heavy (non-hydrogen) atoms. The van der Waals surface area contributed by atoms with Crippen molar-refractivity contribution in [2.45, 2.75) is 27.2 Å². The van der Waals surface area contributed by atoms with E-state index < -0.39 is 0 Å². The van der Waals surface area contributed by atoms with Gasteiger partial charge in [-0.15, -0.1) is 11.3 Å². The standard InChI is InChI=1S/C22H22N2O4S/c1-13-5-4-6-17(14(13)2)26-11-21(25)24-22-23-15(3)20(29-22)10-16-7-8-18-19(9-16)28-12-27-18/h4-9H,10-12H2,1-3H3,(H,23,24,25). The number of anilines is 1. The van der Waals surface area contributed by atoms with E-state index >= 15 is 0 Å². The molecular formula is C22H22N2O4S. The maximum absolute atomic E-state index is 12.3. The van der Waals surface area contributed by atoms with Gasteiger partial charge in [0.15, 0.2) is 23.2 Å². The van der Waals surface area contributed by atoms with Gasteiger partial charge >= 0.3 is 0 Å². The zero-order valence-corrected chi connectivity index (χ0v) is 17.4. The van der Waals surface area contributed by atoms with Crippen LogP contribution in [0.4, 0.5) is 5.13 Å². The monoisotopic (exact) mass is 410 g/mol. The van der Waals surface area contributed by atoms with E-state index in [0.29, 0.717) is 5.13 Å². The molecule has 1 aliphatic rings. The van der Waals surface area contributed by atoms with Crippen molar-refractivity contribution in [2.24, 2.45) is 0 Å². The van der Waals surface area contributed by atoms with E-state index in [2.05, 4.69) is 10.3 Å². The van der Waals surface area contributed by atoms with Crippen LogP contribution in [-0.2, 0) is 11.2 Å². The first kappa shape index (κ1) is 19.3. The fraction of sp³-hybridized carbons (Fsp3) is 0.273. The largest absolute Gasteiger partial charge is 0.483 e. The van der Waals surface area contributed by atoms with Crippen LogP contribution in [-0.4, -0.2) is 24.3 Å². The van der Waals surface area contributed by atoms with Crippen molar-refractivity contribution in [3.8, 4) is 17.2 Å². The number of hydrogen-bond donors (Lipinski definition) is 1. The predicted octanol–water partition coefficient (Wildman–Crippen LogP) is 4.41. The molecule has 1 N–H and O–H groups in total. The Balaban J connectivity index is 1.37. The van der Waals surface area contributed by atoms with Gasteiger partial charge < -0.3 is 14.2 Å². The van der Waals surface area contributed by atoms with Crippen molar-refractivity contribution in [3.63, 3.8) is 0 Å². The highest BCUT2D eigenvalue weighted by molar-refractivity contribution is 7.15. The zero-order valence-electron chi connectivity index (χ0n) is 16.6. The summed E-state index contributed by atoms with van der Waals surface area (Å²) in [7, 11) is 0. The topological polar surface area (TPSA) is 69.7 Å². The van der Waals surface area contributed by atoms with Gasteiger partial charge in [-0.25, -0.2) is 4.98 Å². The molecule has 7 heteroatoms. The van der Waals surface area contributed by atoms with Gasteiger partial charge in [0.25, 0.3) is 5.91 Å². The molecule has 1 aromatic heterocycles. The molecule has 0 spiro atoms. The third-order valence-corrected chi connectivity index (χ3v) is 5.93. The minimum atomic E-state index is -0.228. The molecule has 1 amide bonds. The van der Waals surface area contributed by atoms with Crippen molar-refractivity contribution >= 4 is 22.4 Å². The lowest BCUT2D eigenvalue weighted by Crippen LogP contribution is -2.20. The number of fused-ring (bicyclic) bond motifs is 1. The number of carbonyl (C=O) groups is 1. The number of nitrogens with one attached hydrogen (secondary N) is 1. The molecule has 0 radical (unpaired) electrons. The van der Waals surface area contributed by atoms with Crippen LogP contribution in [0.1, 0.15) is 27.3 Å². The molecular weight excluding hydrogens is 388 g/mol. The second-order valence-corrected chi connectivity index (χ2v) is 8.01. The molecule has 0 fully saturated rings. The third-order valence-electron chi connectivity index (χ3n) is 4.85. The summed E-state index contributed by atoms with van der Waals surface area (Å²) < 4.78 is 16.5. The van der Waals surface area contributed by atoms with E-state index in [0.717, 1.165) is 50.9 Å². The first-order valence-corrected chi connectivity index (χ1v) is 10.1. The normalized spacial score (nSPS) is 12.1. The van der Waals surface area contributed by atoms with Crippen LogP contribution in [0.3, 0.4) is 0 Å². The number of thiazole rings is 1. The number of rotatable bonds is 6. The van der Waals surface area contributed by atoms with E-state index in [9.17, 15) is 4.79 Å². The quantitative estimate of drug-likeness (QED) is 0.652. The molecule has 6 nitrogen and oxygen atoms in total. The number of amides is 1. The van der Waals surface area contributed by atoms with Crippen LogP contribution in [0.5, 0.6) is 17.2 Å². The van der Waals surface area contributed by atoms with E-state index in [4.69, 9.17) is 14.2 Å². The molecule has 150 valence electrons. The van der Waals surface area contributed by atoms with Crippen LogP contribution < -0.4 is 19.5 Å². The Morgan fingerprint density at radius 1 is 1.17 bits per heavy atom. The maximum Gasteiger partial charge on any atom is 0.264 e. The Hall–Kier alpha value is -3.06. The first-order valence-electron chi connectivity index (χ1n) is 9.33. The van der Waals surface area contributed by atoms with E-state index in [1.807, 2.05) is 57.2 Å². The summed E-state index contributed by atoms with van der Waals surface area (Å²) in [5.74, 6) is 2.03. The minimum Gasteiger partial charge on any atom is -0.483 e. The van der Waals surface area contributed by atoms with Gasteiger partial charge in [-0.05, 0) is 55.7 Å². The number of carbonyl (C=O) groups excluding carboxylic acids is 1. The number of aryl methyl sites for hydroxylation is 2. The minimum absolute atomic E-state index is 0.0551. The summed E-state index contributed by atoms with van der Waals surface area (Å²) in [6.07, 6.45) is 0.717. The van der Waals surface area contributed by atoms with Crippen LogP contribution in [0.25, 0.3) is 0 Å². The maximum atomic E-state index is 12.3. The first-order chi connectivity index (χ1) is 14.0. The molecule has 2 aromatic carbocycles. The molecule has 1 aliphatic heterocycles. The summed E-state index contributed by atoms with van der Waals surface area (Å²) in [6.45, 7) is 6.15. The number of aromatic nitrogens is 1. The highest BCUT2D eigenvalue weighted by Gasteiger charge is 2.16. The summed E-state index contributed by atoms with van der Waals surface area (Å²) in [6, 6.07) is 11.7. The van der Waals surface area contributed by atoms with Gasteiger partial charge in [0.2, 0.25) is 6.79 Å². The SMILES string of the molecule is Cc1cccc(OCC(=O)Nc2nc(C)c(Cc3ccc4c(c3)OCO4)s2)c1C. The van der Waals surface area contributed by atoms with Gasteiger partial charge in [-0.2, -0.15) is 0 Å². The second kappa shape index (κ2) is 8.13. The van der Waals surface area contributed by atoms with Crippen molar-refractivity contribution < 1.29 is 19.0 Å². The van der Waals surface area contributed by atoms with E-state index in [1.54, 1.807) is 0 Å². The lowest BCUT2D eigenvalue weighted by molar-refractivity contribution is -0.118. The van der Waals surface area contributed by atoms with Gasteiger partial charge in [0, 0.05) is 11.3 Å². The Morgan fingerprint density at radius 2 is 2.00 bits per heavy atom. The van der Waals surface area contributed by atoms with Crippen molar-refractivity contribution in [1.29, 1.82) is 0 Å². The van der Waals surface area contributed by atoms with Crippen LogP contribution >= 0.6 is 11.3 Å². The molecule has 0 bridgehead atoms. The Kier molecular flexibility index (Phi) is 5.40. The van der Waals surface area contributed by atoms with Crippen LogP contribution in [0.2, 0.25) is 0 Å². The Bertz CT molecular complexity index is 1060. The summed E-state index contributed by atoms with van der Waals surface area (Å²) in [5, 5.41) is 3.41. The van der Waals surface area contributed by atoms with Gasteiger partial charge in [0.1, 0.15) is 5.75 Å². The summed E-state index contributed by atoms with van der Waals surface area (Å²) in [5.41, 5.74) is 4.18. The van der Waals surface area contributed by atoms with Gasteiger partial charge in [-0.1, -0.05) is 18.2 Å². The smallest absolute Gasteiger partial charge is 0.264 e. The molecule has 3 aromatic rings. The highest BCUT2D eigenvalue weighted by atomic mass is 32.1. The Morgan fingerprint density at radius 3 is 2.86 bits per heavy atom. The third kappa shape index (κ3) is 4.35. The average molecular weight is 410 g/mol. The number of benzene rings is 2. The van der Waals surface area contributed by atoms with Gasteiger partial charge in [-0.3, -0.25) is 10.1 Å². The molecule has 0 atom stereocenters. The van der Waals surface area contributed by atoms with Gasteiger partial charge in [0.05, 0.1) is 5.69 Å². The fourth-order valence-corrected chi connectivity index (χ4v) is 4.07. The Labute approximate surface area is 173 Å². The molecule has 4 rings (SSSR count). The zero-order chi connectivity index (χ0) is 20.4. The summed E-state index contributed by atoms with van der Waals surface area (Å²) >= 11 is 1.47. The molecule has 0 saturated heterocycles. The number of hydrogen-bond acceptors (Lipinski definition) is 6. The molecule has 0 aliphatic carbocycles. The van der Waals surface area contributed by atoms with Crippen molar-refractivity contribution in [1.82, 2.24) is 4.98 Å². The average Bonchev–Trinajstić information content (AvgIpc) is 3.29. The van der Waals surface area contributed by atoms with E-state index in [1.165, 1.54) is 11.3 Å². The lowest BCUT2D eigenvalue weighted by Gasteiger charge is -2.10. The fourth-order valence-electron chi connectivity index (χ4n) is 3.06. The number of nitrogens with zero attached hydrogens (tertiary/aromatic N) is 1. The van der Waals surface area contributed by atoms with E-state index in [-0.39, 0.29) is 19.3 Å². The lowest BCUT2D eigenvalue weighted by atomic mass is 10.1. The number of ether oxygens (including phenoxy) is 3. The molecule has 0 saturated carbocycles. The van der Waals surface area contributed by atoms with Crippen molar-refractivity contribution in [2.75, 3.05) is 18.7 Å². The summed E-state index contributed by atoms with van der Waals surface area (Å²) in [4.78, 5) is 17.9. The predicted molar refractivity (Wildman–Crippen MR) is 112 cm³/mol.